The first-order chi connectivity index (χ1) is 16.1. The van der Waals surface area contributed by atoms with E-state index in [2.05, 4.69) is 5.32 Å². The maximum Gasteiger partial charge on any atom is 0.416 e. The van der Waals surface area contributed by atoms with Crippen LogP contribution in [0.1, 0.15) is 18.4 Å². The highest BCUT2D eigenvalue weighted by molar-refractivity contribution is 7.92. The molecule has 0 radical (unpaired) electrons. The first kappa shape index (κ1) is 25.6. The summed E-state index contributed by atoms with van der Waals surface area (Å²) in [7, 11) is -1.78. The first-order valence-corrected chi connectivity index (χ1v) is 11.8. The summed E-state index contributed by atoms with van der Waals surface area (Å²) in [6, 6.07) is 7.54. The van der Waals surface area contributed by atoms with Crippen molar-refractivity contribution in [2.24, 2.45) is 0 Å². The zero-order valence-corrected chi connectivity index (χ0v) is 19.4. The van der Waals surface area contributed by atoms with Crippen molar-refractivity contribution in [2.75, 3.05) is 38.2 Å². The summed E-state index contributed by atoms with van der Waals surface area (Å²) in [5.74, 6) is -0.311. The van der Waals surface area contributed by atoms with E-state index >= 15 is 0 Å². The molecule has 3 rings (SSSR count). The Labute approximate surface area is 195 Å². The SMILES string of the molecule is COc1ccc(S(=O)(=O)N(CC(=O)NCC2CCCO2)c2cccc(C(F)(F)F)c2)cc1OC. The number of hydrogen-bond donors (Lipinski definition) is 1. The van der Waals surface area contributed by atoms with E-state index in [1.54, 1.807) is 0 Å². The third-order valence-electron chi connectivity index (χ3n) is 5.24. The minimum Gasteiger partial charge on any atom is -0.493 e. The number of benzene rings is 2. The van der Waals surface area contributed by atoms with E-state index in [1.165, 1.54) is 38.5 Å². The maximum atomic E-state index is 13.5. The minimum atomic E-state index is -4.70. The maximum absolute atomic E-state index is 13.5. The van der Waals surface area contributed by atoms with E-state index in [-0.39, 0.29) is 34.7 Å². The van der Waals surface area contributed by atoms with Crippen LogP contribution in [0.5, 0.6) is 11.5 Å². The highest BCUT2D eigenvalue weighted by Crippen LogP contribution is 2.35. The molecule has 1 fully saturated rings. The zero-order chi connectivity index (χ0) is 24.9. The van der Waals surface area contributed by atoms with Crippen LogP contribution in [0.4, 0.5) is 18.9 Å². The highest BCUT2D eigenvalue weighted by Gasteiger charge is 2.33. The Kier molecular flexibility index (Phi) is 7.93. The van der Waals surface area contributed by atoms with Gasteiger partial charge in [-0.3, -0.25) is 9.10 Å². The number of ether oxygens (including phenoxy) is 3. The predicted molar refractivity (Wildman–Crippen MR) is 118 cm³/mol. The highest BCUT2D eigenvalue weighted by atomic mass is 32.2. The van der Waals surface area contributed by atoms with Gasteiger partial charge in [0.2, 0.25) is 5.91 Å². The molecule has 12 heteroatoms. The average Bonchev–Trinajstić information content (AvgIpc) is 3.34. The molecule has 1 heterocycles. The van der Waals surface area contributed by atoms with E-state index in [4.69, 9.17) is 14.2 Å². The molecule has 2 aromatic carbocycles. The molecule has 1 aliphatic rings. The quantitative estimate of drug-likeness (QED) is 0.566. The van der Waals surface area contributed by atoms with E-state index in [0.29, 0.717) is 17.0 Å². The summed E-state index contributed by atoms with van der Waals surface area (Å²) in [5.41, 5.74) is -1.35. The lowest BCUT2D eigenvalue weighted by Gasteiger charge is -2.25. The molecule has 0 spiro atoms. The third kappa shape index (κ3) is 5.92. The zero-order valence-electron chi connectivity index (χ0n) is 18.6. The molecule has 34 heavy (non-hydrogen) atoms. The van der Waals surface area contributed by atoms with E-state index in [9.17, 15) is 26.4 Å². The van der Waals surface area contributed by atoms with Gasteiger partial charge in [0.25, 0.3) is 10.0 Å². The molecule has 0 bridgehead atoms. The lowest BCUT2D eigenvalue weighted by atomic mass is 10.2. The van der Waals surface area contributed by atoms with Crippen molar-refractivity contribution < 1.29 is 40.6 Å². The van der Waals surface area contributed by atoms with Crippen LogP contribution in [0.15, 0.2) is 47.4 Å². The molecule has 1 N–H and O–H groups in total. The fourth-order valence-corrected chi connectivity index (χ4v) is 4.90. The number of sulfonamides is 1. The Morgan fingerprint density at radius 1 is 1.15 bits per heavy atom. The van der Waals surface area contributed by atoms with Crippen molar-refractivity contribution in [1.29, 1.82) is 0 Å². The van der Waals surface area contributed by atoms with Crippen LogP contribution in [0, 0.1) is 0 Å². The largest absolute Gasteiger partial charge is 0.493 e. The van der Waals surface area contributed by atoms with Gasteiger partial charge >= 0.3 is 6.18 Å². The molecule has 1 unspecified atom stereocenters. The monoisotopic (exact) mass is 502 g/mol. The summed E-state index contributed by atoms with van der Waals surface area (Å²) >= 11 is 0. The van der Waals surface area contributed by atoms with Gasteiger partial charge in [0.1, 0.15) is 6.54 Å². The van der Waals surface area contributed by atoms with Gasteiger partial charge in [0, 0.05) is 19.2 Å². The van der Waals surface area contributed by atoms with Crippen LogP contribution in [-0.4, -0.2) is 54.3 Å². The first-order valence-electron chi connectivity index (χ1n) is 10.4. The van der Waals surface area contributed by atoms with E-state index in [0.717, 1.165) is 25.0 Å². The Bertz CT molecular complexity index is 1120. The summed E-state index contributed by atoms with van der Waals surface area (Å²) in [6.07, 6.45) is -3.28. The molecule has 1 atom stereocenters. The number of carbonyl (C=O) groups excluding carboxylic acids is 1. The van der Waals surface area contributed by atoms with Crippen molar-refractivity contribution in [2.45, 2.75) is 30.0 Å². The number of nitrogens with zero attached hydrogens (tertiary/aromatic N) is 1. The van der Waals surface area contributed by atoms with Crippen LogP contribution in [0.2, 0.25) is 0 Å². The van der Waals surface area contributed by atoms with Crippen molar-refractivity contribution in [3.8, 4) is 11.5 Å². The van der Waals surface area contributed by atoms with Gasteiger partial charge in [-0.25, -0.2) is 8.42 Å². The number of amides is 1. The lowest BCUT2D eigenvalue weighted by molar-refractivity contribution is -0.137. The number of hydrogen-bond acceptors (Lipinski definition) is 6. The second-order valence-corrected chi connectivity index (χ2v) is 9.38. The summed E-state index contributed by atoms with van der Waals surface area (Å²) in [4.78, 5) is 12.3. The fourth-order valence-electron chi connectivity index (χ4n) is 3.48. The van der Waals surface area contributed by atoms with Crippen LogP contribution >= 0.6 is 0 Å². The Morgan fingerprint density at radius 3 is 2.50 bits per heavy atom. The predicted octanol–water partition coefficient (Wildman–Crippen LogP) is 3.21. The summed E-state index contributed by atoms with van der Waals surface area (Å²) in [5, 5.41) is 2.60. The van der Waals surface area contributed by atoms with Crippen molar-refractivity contribution >= 4 is 21.6 Å². The molecule has 186 valence electrons. The molecular formula is C22H25F3N2O6S. The standard InChI is InChI=1S/C22H25F3N2O6S/c1-31-19-9-8-18(12-20(19)32-2)34(29,30)27(14-21(28)26-13-17-7-4-10-33-17)16-6-3-5-15(11-16)22(23,24)25/h3,5-6,8-9,11-12,17H,4,7,10,13-14H2,1-2H3,(H,26,28). The van der Waals surface area contributed by atoms with Crippen molar-refractivity contribution in [1.82, 2.24) is 5.32 Å². The fraction of sp³-hybridized carbons (Fsp3) is 0.409. The van der Waals surface area contributed by atoms with Crippen LogP contribution < -0.4 is 19.1 Å². The Hall–Kier alpha value is -2.99. The molecule has 2 aromatic rings. The van der Waals surface area contributed by atoms with Crippen LogP contribution in [0.25, 0.3) is 0 Å². The van der Waals surface area contributed by atoms with Gasteiger partial charge in [-0.1, -0.05) is 6.07 Å². The molecule has 8 nitrogen and oxygen atoms in total. The number of rotatable bonds is 9. The number of halogens is 3. The topological polar surface area (TPSA) is 94.2 Å². The molecule has 0 saturated carbocycles. The number of carbonyl (C=O) groups is 1. The van der Waals surface area contributed by atoms with E-state index < -0.39 is 34.2 Å². The molecule has 1 aliphatic heterocycles. The third-order valence-corrected chi connectivity index (χ3v) is 7.01. The molecule has 1 amide bonds. The van der Waals surface area contributed by atoms with E-state index in [1.807, 2.05) is 0 Å². The van der Waals surface area contributed by atoms with Gasteiger partial charge in [0.05, 0.1) is 36.5 Å². The van der Waals surface area contributed by atoms with Gasteiger partial charge in [-0.05, 0) is 43.2 Å². The Morgan fingerprint density at radius 2 is 1.88 bits per heavy atom. The molecule has 0 aromatic heterocycles. The van der Waals surface area contributed by atoms with Gasteiger partial charge in [-0.15, -0.1) is 0 Å². The van der Waals surface area contributed by atoms with Gasteiger partial charge in [-0.2, -0.15) is 13.2 Å². The average molecular weight is 503 g/mol. The van der Waals surface area contributed by atoms with Crippen molar-refractivity contribution in [3.63, 3.8) is 0 Å². The minimum absolute atomic E-state index is 0.107. The number of alkyl halides is 3. The summed E-state index contributed by atoms with van der Waals surface area (Å²) in [6.45, 7) is 0.0148. The number of nitrogens with one attached hydrogen (secondary N) is 1. The van der Waals surface area contributed by atoms with Gasteiger partial charge in [0.15, 0.2) is 11.5 Å². The smallest absolute Gasteiger partial charge is 0.416 e. The number of methoxy groups -OCH3 is 2. The Balaban J connectivity index is 1.97. The normalized spacial score (nSPS) is 16.2. The summed E-state index contributed by atoms with van der Waals surface area (Å²) < 4.78 is 83.2. The molecule has 0 aliphatic carbocycles. The second-order valence-electron chi connectivity index (χ2n) is 7.52. The lowest BCUT2D eigenvalue weighted by Crippen LogP contribution is -2.43. The number of anilines is 1. The second kappa shape index (κ2) is 10.5. The van der Waals surface area contributed by atoms with Crippen LogP contribution in [-0.2, 0) is 25.7 Å². The molecule has 1 saturated heterocycles. The van der Waals surface area contributed by atoms with Crippen molar-refractivity contribution in [3.05, 3.63) is 48.0 Å². The van der Waals surface area contributed by atoms with Crippen LogP contribution in [0.3, 0.4) is 0 Å². The van der Waals surface area contributed by atoms with Gasteiger partial charge < -0.3 is 19.5 Å². The molecular weight excluding hydrogens is 477 g/mol.